The highest BCUT2D eigenvalue weighted by Gasteiger charge is 2.69. The van der Waals surface area contributed by atoms with Gasteiger partial charge in [-0.05, 0) is 24.7 Å². The van der Waals surface area contributed by atoms with E-state index in [1.54, 1.807) is 0 Å². The zero-order valence-electron chi connectivity index (χ0n) is 17.4. The van der Waals surface area contributed by atoms with Crippen molar-refractivity contribution in [2.24, 2.45) is 16.7 Å². The van der Waals surface area contributed by atoms with E-state index in [4.69, 9.17) is 9.05 Å². The lowest BCUT2D eigenvalue weighted by Crippen LogP contribution is -2.29. The second-order valence-electron chi connectivity index (χ2n) is 10.7. The molecule has 0 aromatic rings. The lowest BCUT2D eigenvalue weighted by atomic mass is 9.85. The standard InChI is InChI=1S/C20H34O4P2/c1-13-9-15-18-16(17(13)26(15,22)24-12-20(6,7)8)14(2)10-25(18,21)23-11-19(3,4)5/h9-10,15-18H,11-12H2,1-8H3/t15-,16-,17+,18+,25?,26-/m0/s1. The maximum Gasteiger partial charge on any atom is 0.229 e. The van der Waals surface area contributed by atoms with Crippen LogP contribution in [-0.4, -0.2) is 30.2 Å². The molecule has 0 aliphatic carbocycles. The number of fused-ring (bicyclic) bond motifs is 5. The zero-order valence-corrected chi connectivity index (χ0v) is 19.2. The van der Waals surface area contributed by atoms with Crippen LogP contribution in [-0.2, 0) is 18.2 Å². The van der Waals surface area contributed by atoms with Crippen LogP contribution in [0.3, 0.4) is 0 Å². The van der Waals surface area contributed by atoms with Crippen molar-refractivity contribution in [1.29, 1.82) is 0 Å². The van der Waals surface area contributed by atoms with Gasteiger partial charge in [-0.1, -0.05) is 58.8 Å². The molecule has 3 aliphatic heterocycles. The molecule has 1 unspecified atom stereocenters. The Bertz CT molecular complexity index is 751. The van der Waals surface area contributed by atoms with Gasteiger partial charge in [0.2, 0.25) is 14.7 Å². The Balaban J connectivity index is 1.93. The van der Waals surface area contributed by atoms with Crippen molar-refractivity contribution in [2.75, 3.05) is 13.2 Å². The SMILES string of the molecule is CC1=CP(=O)(OCC(C)(C)C)[C@H]2[C@@H]1[C@H]1C(C)=C[C@@H]2[P@]1(=O)OCC(C)(C)C. The smallest absolute Gasteiger partial charge is 0.229 e. The van der Waals surface area contributed by atoms with E-state index in [1.165, 1.54) is 0 Å². The first kappa shape index (κ1) is 20.6. The lowest BCUT2D eigenvalue weighted by molar-refractivity contribution is 0.197. The summed E-state index contributed by atoms with van der Waals surface area (Å²) in [6.07, 6.45) is 2.06. The van der Waals surface area contributed by atoms with Crippen LogP contribution in [0, 0.1) is 16.7 Å². The summed E-state index contributed by atoms with van der Waals surface area (Å²) in [6.45, 7) is 17.4. The predicted octanol–water partition coefficient (Wildman–Crippen LogP) is 6.28. The highest BCUT2D eigenvalue weighted by atomic mass is 31.2. The molecule has 3 heterocycles. The Morgan fingerprint density at radius 1 is 0.923 bits per heavy atom. The van der Waals surface area contributed by atoms with Crippen LogP contribution in [0.4, 0.5) is 0 Å². The van der Waals surface area contributed by atoms with Gasteiger partial charge in [-0.2, -0.15) is 0 Å². The van der Waals surface area contributed by atoms with Gasteiger partial charge in [0, 0.05) is 11.7 Å². The van der Waals surface area contributed by atoms with Crippen molar-refractivity contribution in [2.45, 2.75) is 72.4 Å². The monoisotopic (exact) mass is 400 g/mol. The molecule has 0 aromatic carbocycles. The summed E-state index contributed by atoms with van der Waals surface area (Å²) in [5.41, 5.74) is 1.44. The molecule has 1 saturated heterocycles. The van der Waals surface area contributed by atoms with E-state index in [0.717, 1.165) is 11.1 Å². The van der Waals surface area contributed by atoms with E-state index in [2.05, 4.69) is 47.6 Å². The Labute approximate surface area is 158 Å². The summed E-state index contributed by atoms with van der Waals surface area (Å²) in [6, 6.07) is 0. The van der Waals surface area contributed by atoms with Gasteiger partial charge in [0.15, 0.2) is 0 Å². The third-order valence-electron chi connectivity index (χ3n) is 5.49. The summed E-state index contributed by atoms with van der Waals surface area (Å²) in [5, 5.41) is 0. The van der Waals surface area contributed by atoms with Crippen LogP contribution in [0.2, 0.25) is 0 Å². The molecule has 6 heteroatoms. The van der Waals surface area contributed by atoms with Crippen molar-refractivity contribution in [3.63, 3.8) is 0 Å². The van der Waals surface area contributed by atoms with Crippen LogP contribution in [0.5, 0.6) is 0 Å². The van der Waals surface area contributed by atoms with Crippen molar-refractivity contribution in [3.8, 4) is 0 Å². The highest BCUT2D eigenvalue weighted by Crippen LogP contribution is 2.82. The van der Waals surface area contributed by atoms with Gasteiger partial charge in [-0.25, -0.2) is 0 Å². The normalized spacial score (nSPS) is 42.0. The molecule has 26 heavy (non-hydrogen) atoms. The van der Waals surface area contributed by atoms with Gasteiger partial charge in [0.05, 0.1) is 30.2 Å². The molecule has 6 atom stereocenters. The van der Waals surface area contributed by atoms with Crippen LogP contribution in [0.1, 0.15) is 55.4 Å². The first-order valence-electron chi connectivity index (χ1n) is 9.54. The molecular formula is C20H34O4P2. The van der Waals surface area contributed by atoms with Gasteiger partial charge in [0.25, 0.3) is 0 Å². The molecule has 148 valence electrons. The lowest BCUT2D eigenvalue weighted by Gasteiger charge is -2.29. The van der Waals surface area contributed by atoms with Crippen molar-refractivity contribution < 1.29 is 18.2 Å². The summed E-state index contributed by atoms with van der Waals surface area (Å²) < 4.78 is 39.9. The van der Waals surface area contributed by atoms with Gasteiger partial charge >= 0.3 is 0 Å². The van der Waals surface area contributed by atoms with E-state index in [0.29, 0.717) is 13.2 Å². The third kappa shape index (κ3) is 3.37. The highest BCUT2D eigenvalue weighted by molar-refractivity contribution is 7.68. The fraction of sp³-hybridized carbons (Fsp3) is 0.800. The molecule has 0 spiro atoms. The predicted molar refractivity (Wildman–Crippen MR) is 108 cm³/mol. The Hall–Kier alpha value is -0.140. The molecule has 0 saturated carbocycles. The van der Waals surface area contributed by atoms with Crippen molar-refractivity contribution in [3.05, 3.63) is 23.0 Å². The quantitative estimate of drug-likeness (QED) is 0.412. The zero-order chi connectivity index (χ0) is 19.7. The molecule has 1 fully saturated rings. The molecule has 0 N–H and O–H groups in total. The van der Waals surface area contributed by atoms with Crippen molar-refractivity contribution in [1.82, 2.24) is 0 Å². The second kappa shape index (κ2) is 6.18. The minimum atomic E-state index is -3.00. The van der Waals surface area contributed by atoms with Crippen molar-refractivity contribution >= 4 is 14.7 Å². The summed E-state index contributed by atoms with van der Waals surface area (Å²) in [5.74, 6) is 1.88. The Kier molecular flexibility index (Phi) is 4.89. The maximum absolute atomic E-state index is 14.0. The van der Waals surface area contributed by atoms with E-state index >= 15 is 0 Å². The fourth-order valence-electron chi connectivity index (χ4n) is 4.45. The Morgan fingerprint density at radius 3 is 2.00 bits per heavy atom. The number of rotatable bonds is 4. The minimum Gasteiger partial charge on any atom is -0.327 e. The largest absolute Gasteiger partial charge is 0.327 e. The number of hydrogen-bond acceptors (Lipinski definition) is 4. The molecule has 2 bridgehead atoms. The molecule has 4 nitrogen and oxygen atoms in total. The van der Waals surface area contributed by atoms with E-state index < -0.39 is 14.7 Å². The van der Waals surface area contributed by atoms with E-state index in [1.807, 2.05) is 19.7 Å². The molecule has 0 radical (unpaired) electrons. The van der Waals surface area contributed by atoms with Gasteiger partial charge < -0.3 is 9.05 Å². The second-order valence-corrected chi connectivity index (χ2v) is 15.8. The average molecular weight is 400 g/mol. The van der Waals surface area contributed by atoms with E-state index in [-0.39, 0.29) is 33.7 Å². The molecule has 0 amide bonds. The van der Waals surface area contributed by atoms with Gasteiger partial charge in [0.1, 0.15) is 0 Å². The summed E-state index contributed by atoms with van der Waals surface area (Å²) in [7, 11) is -5.94. The molecule has 0 aromatic heterocycles. The first-order valence-corrected chi connectivity index (χ1v) is 13.1. The maximum atomic E-state index is 14.0. The number of hydrogen-bond donors (Lipinski definition) is 0. The van der Waals surface area contributed by atoms with Gasteiger partial charge in [-0.15, -0.1) is 0 Å². The third-order valence-corrected chi connectivity index (χ3v) is 11.8. The van der Waals surface area contributed by atoms with Crippen LogP contribution >= 0.6 is 14.7 Å². The van der Waals surface area contributed by atoms with Gasteiger partial charge in [-0.3, -0.25) is 9.13 Å². The van der Waals surface area contributed by atoms with E-state index in [9.17, 15) is 9.13 Å². The summed E-state index contributed by atoms with van der Waals surface area (Å²) >= 11 is 0. The number of allylic oxidation sites excluding steroid dienone is 3. The molecule has 3 aliphatic rings. The fourth-order valence-corrected chi connectivity index (χ4v) is 12.7. The van der Waals surface area contributed by atoms with Crippen LogP contribution in [0.15, 0.2) is 23.0 Å². The first-order chi connectivity index (χ1) is 11.7. The Morgan fingerprint density at radius 2 is 1.46 bits per heavy atom. The molecule has 3 rings (SSSR count). The molecular weight excluding hydrogens is 366 g/mol. The van der Waals surface area contributed by atoms with Crippen LogP contribution < -0.4 is 0 Å². The topological polar surface area (TPSA) is 52.6 Å². The summed E-state index contributed by atoms with van der Waals surface area (Å²) in [4.78, 5) is 0. The minimum absolute atomic E-state index is 0.0293. The van der Waals surface area contributed by atoms with Crippen LogP contribution in [0.25, 0.3) is 0 Å². The average Bonchev–Trinajstić information content (AvgIpc) is 2.97.